The van der Waals surface area contributed by atoms with Crippen LogP contribution in [0.2, 0.25) is 0 Å². The summed E-state index contributed by atoms with van der Waals surface area (Å²) in [6.07, 6.45) is 5.01. The zero-order chi connectivity index (χ0) is 41.8. The van der Waals surface area contributed by atoms with Crippen LogP contribution in [0.15, 0.2) is 164 Å². The lowest BCUT2D eigenvalue weighted by molar-refractivity contribution is 0.338. The monoisotopic (exact) mass is 806 g/mol. The second kappa shape index (κ2) is 19.1. The number of nitrogens with one attached hydrogen (secondary N) is 3. The van der Waals surface area contributed by atoms with Gasteiger partial charge in [0.05, 0.1) is 49.4 Å². The maximum absolute atomic E-state index is 14.1. The topological polar surface area (TPSA) is 104 Å². The number of hydrogen-bond acceptors (Lipinski definition) is 5. The van der Waals surface area contributed by atoms with Gasteiger partial charge in [0.25, 0.3) is 0 Å². The fourth-order valence-electron chi connectivity index (χ4n) is 6.07. The third-order valence-electron chi connectivity index (χ3n) is 9.10. The van der Waals surface area contributed by atoms with Gasteiger partial charge in [-0.25, -0.2) is 32.5 Å². The molecule has 8 nitrogen and oxygen atoms in total. The van der Waals surface area contributed by atoms with Crippen molar-refractivity contribution in [2.24, 2.45) is 0 Å². The largest absolute Gasteiger partial charge is 0.494 e. The predicted octanol–water partition coefficient (Wildman–Crippen LogP) is 12.2. The molecular formula is C48H38F4N6O2. The third-order valence-corrected chi connectivity index (χ3v) is 9.10. The maximum Gasteiger partial charge on any atom is 0.165 e. The van der Waals surface area contributed by atoms with Gasteiger partial charge in [0.2, 0.25) is 0 Å². The molecule has 0 unspecified atom stereocenters. The van der Waals surface area contributed by atoms with Gasteiger partial charge in [0, 0.05) is 33.9 Å². The van der Waals surface area contributed by atoms with Crippen LogP contribution in [-0.4, -0.2) is 43.6 Å². The standard InChI is InChI=1S/C17H15FN2O.C16H12F2N2O.C15H11FN2/c1-2-21-13-8-9-14(15(18)10-13)16-11-19-17(20-16)12-6-4-3-5-7-12;1-21-15-7-4-11(8-13(15)18)14-9-19-16(20-14)10-2-5-12(17)6-3-10;16-13-8-6-11(7-9-13)14-10-17-15(18-14)12-4-2-1-3-5-12/h3-11H,2H2,1H3,(H,19,20);2-9H,1H3,(H,19,20);1-10H,(H,17,18). The van der Waals surface area contributed by atoms with Crippen molar-refractivity contribution in [1.82, 2.24) is 29.9 Å². The number of ether oxygens (including phenoxy) is 2. The minimum absolute atomic E-state index is 0.192. The van der Waals surface area contributed by atoms with Gasteiger partial charge in [-0.05, 0) is 91.3 Å². The van der Waals surface area contributed by atoms with E-state index in [1.807, 2.05) is 67.6 Å². The molecule has 0 aliphatic heterocycles. The zero-order valence-electron chi connectivity index (χ0n) is 32.5. The van der Waals surface area contributed by atoms with Crippen LogP contribution in [0, 0.1) is 23.3 Å². The molecule has 12 heteroatoms. The third kappa shape index (κ3) is 10.0. The van der Waals surface area contributed by atoms with Gasteiger partial charge in [0.1, 0.15) is 40.7 Å². The van der Waals surface area contributed by atoms with Gasteiger partial charge < -0.3 is 24.4 Å². The van der Waals surface area contributed by atoms with Crippen molar-refractivity contribution < 1.29 is 27.0 Å². The highest BCUT2D eigenvalue weighted by molar-refractivity contribution is 5.67. The smallest absolute Gasteiger partial charge is 0.165 e. The van der Waals surface area contributed by atoms with Crippen LogP contribution in [0.1, 0.15) is 6.92 Å². The summed E-state index contributed by atoms with van der Waals surface area (Å²) in [6, 6.07) is 41.5. The molecule has 0 radical (unpaired) electrons. The number of H-pyrrole nitrogens is 3. The number of benzene rings is 6. The highest BCUT2D eigenvalue weighted by Crippen LogP contribution is 2.29. The summed E-state index contributed by atoms with van der Waals surface area (Å²) in [5.41, 5.74) is 7.03. The number of nitrogens with zero attached hydrogens (tertiary/aromatic N) is 3. The average molecular weight is 807 g/mol. The lowest BCUT2D eigenvalue weighted by Gasteiger charge is -2.05. The Morgan fingerprint density at radius 2 is 0.933 bits per heavy atom. The Bertz CT molecular complexity index is 2750. The Kier molecular flexibility index (Phi) is 12.9. The Morgan fingerprint density at radius 1 is 0.467 bits per heavy atom. The molecule has 0 saturated heterocycles. The number of aromatic nitrogens is 6. The molecule has 0 saturated carbocycles. The lowest BCUT2D eigenvalue weighted by atomic mass is 10.1. The van der Waals surface area contributed by atoms with E-state index < -0.39 is 5.82 Å². The van der Waals surface area contributed by atoms with E-state index in [0.29, 0.717) is 40.7 Å². The van der Waals surface area contributed by atoms with Crippen molar-refractivity contribution in [3.8, 4) is 79.4 Å². The molecule has 0 spiro atoms. The number of imidazole rings is 3. The van der Waals surface area contributed by atoms with Crippen LogP contribution in [0.4, 0.5) is 17.6 Å². The summed E-state index contributed by atoms with van der Waals surface area (Å²) in [6.45, 7) is 2.38. The van der Waals surface area contributed by atoms with Crippen LogP contribution in [0.5, 0.6) is 11.5 Å². The molecule has 0 amide bonds. The predicted molar refractivity (Wildman–Crippen MR) is 226 cm³/mol. The van der Waals surface area contributed by atoms with Gasteiger partial charge in [-0.2, -0.15) is 0 Å². The van der Waals surface area contributed by atoms with Crippen LogP contribution < -0.4 is 9.47 Å². The summed E-state index contributed by atoms with van der Waals surface area (Å²) in [7, 11) is 1.42. The number of rotatable bonds is 9. The van der Waals surface area contributed by atoms with E-state index in [1.54, 1.807) is 67.1 Å². The minimum Gasteiger partial charge on any atom is -0.494 e. The number of halogens is 4. The lowest BCUT2D eigenvalue weighted by Crippen LogP contribution is -1.93. The van der Waals surface area contributed by atoms with E-state index in [0.717, 1.165) is 39.6 Å². The summed E-state index contributed by atoms with van der Waals surface area (Å²) in [4.78, 5) is 22.3. The Hall–Kier alpha value is -7.73. The summed E-state index contributed by atoms with van der Waals surface area (Å²) < 4.78 is 63.8. The van der Waals surface area contributed by atoms with Crippen LogP contribution in [0.25, 0.3) is 67.9 Å². The van der Waals surface area contributed by atoms with Gasteiger partial charge in [-0.1, -0.05) is 60.7 Å². The van der Waals surface area contributed by atoms with Crippen molar-refractivity contribution in [3.05, 3.63) is 187 Å². The van der Waals surface area contributed by atoms with Crippen LogP contribution >= 0.6 is 0 Å². The first-order chi connectivity index (χ1) is 29.3. The Labute approximate surface area is 343 Å². The van der Waals surface area contributed by atoms with Crippen molar-refractivity contribution in [2.45, 2.75) is 6.92 Å². The van der Waals surface area contributed by atoms with Crippen molar-refractivity contribution in [2.75, 3.05) is 13.7 Å². The van der Waals surface area contributed by atoms with Crippen molar-refractivity contribution in [1.29, 1.82) is 0 Å². The van der Waals surface area contributed by atoms with E-state index in [2.05, 4.69) is 29.9 Å². The number of hydrogen-bond donors (Lipinski definition) is 3. The molecule has 0 aliphatic carbocycles. The first-order valence-corrected chi connectivity index (χ1v) is 18.8. The highest BCUT2D eigenvalue weighted by atomic mass is 19.1. The Balaban J connectivity index is 0.000000137. The fraction of sp³-hybridized carbons (Fsp3) is 0.0625. The number of aromatic amines is 3. The summed E-state index contributed by atoms with van der Waals surface area (Å²) >= 11 is 0. The zero-order valence-corrected chi connectivity index (χ0v) is 32.5. The van der Waals surface area contributed by atoms with E-state index in [1.165, 1.54) is 43.5 Å². The summed E-state index contributed by atoms with van der Waals surface area (Å²) in [5, 5.41) is 0. The normalized spacial score (nSPS) is 10.6. The highest BCUT2D eigenvalue weighted by Gasteiger charge is 2.12. The molecule has 3 heterocycles. The van der Waals surface area contributed by atoms with E-state index in [-0.39, 0.29) is 23.2 Å². The molecule has 0 aliphatic rings. The second-order valence-electron chi connectivity index (χ2n) is 13.1. The molecule has 300 valence electrons. The molecule has 3 N–H and O–H groups in total. The molecule has 0 fully saturated rings. The van der Waals surface area contributed by atoms with E-state index in [9.17, 15) is 17.6 Å². The fourth-order valence-corrected chi connectivity index (χ4v) is 6.07. The van der Waals surface area contributed by atoms with Gasteiger partial charge in [0.15, 0.2) is 11.6 Å². The molecule has 6 aromatic carbocycles. The molecule has 9 aromatic rings. The van der Waals surface area contributed by atoms with Crippen molar-refractivity contribution in [3.63, 3.8) is 0 Å². The van der Waals surface area contributed by atoms with Gasteiger partial charge >= 0.3 is 0 Å². The molecule has 0 atom stereocenters. The molecule has 9 rings (SSSR count). The quantitative estimate of drug-likeness (QED) is 0.126. The van der Waals surface area contributed by atoms with Crippen LogP contribution in [0.3, 0.4) is 0 Å². The second-order valence-corrected chi connectivity index (χ2v) is 13.1. The molecular weight excluding hydrogens is 769 g/mol. The average Bonchev–Trinajstić information content (AvgIpc) is 4.09. The maximum atomic E-state index is 14.1. The molecule has 0 bridgehead atoms. The minimum atomic E-state index is -0.437. The first kappa shape index (κ1) is 40.5. The van der Waals surface area contributed by atoms with Gasteiger partial charge in [-0.3, -0.25) is 0 Å². The van der Waals surface area contributed by atoms with Crippen LogP contribution in [-0.2, 0) is 0 Å². The Morgan fingerprint density at radius 3 is 1.43 bits per heavy atom. The first-order valence-electron chi connectivity index (χ1n) is 18.8. The number of methoxy groups -OCH3 is 1. The summed E-state index contributed by atoms with van der Waals surface area (Å²) in [5.74, 6) is 1.55. The van der Waals surface area contributed by atoms with Gasteiger partial charge in [-0.15, -0.1) is 0 Å². The molecule has 60 heavy (non-hydrogen) atoms. The van der Waals surface area contributed by atoms with E-state index >= 15 is 0 Å². The molecule has 3 aromatic heterocycles. The SMILES string of the molecule is CCOc1ccc(-c2cnc(-c3ccccc3)[nH]2)c(F)c1.COc1ccc(-c2cnc(-c3ccc(F)cc3)[nH]2)cc1F.Fc1ccc(-c2cnc(-c3ccccc3)[nH]2)cc1. The van der Waals surface area contributed by atoms with E-state index in [4.69, 9.17) is 9.47 Å². The van der Waals surface area contributed by atoms with Crippen molar-refractivity contribution >= 4 is 0 Å².